The van der Waals surface area contributed by atoms with Gasteiger partial charge in [0.25, 0.3) is 0 Å². The average Bonchev–Trinajstić information content (AvgIpc) is 2.53. The lowest BCUT2D eigenvalue weighted by atomic mass is 10.0. The van der Waals surface area contributed by atoms with Crippen molar-refractivity contribution in [2.24, 2.45) is 0 Å². The second kappa shape index (κ2) is 6.83. The number of hydrogen-bond donors (Lipinski definition) is 0. The molecule has 0 aliphatic rings. The third-order valence-corrected chi connectivity index (χ3v) is 2.86. The van der Waals surface area contributed by atoms with Crippen molar-refractivity contribution in [2.45, 2.75) is 13.3 Å². The number of pyridine rings is 1. The van der Waals surface area contributed by atoms with Crippen molar-refractivity contribution in [3.8, 4) is 11.5 Å². The average molecular weight is 289 g/mol. The van der Waals surface area contributed by atoms with Crippen LogP contribution in [0.5, 0.6) is 11.5 Å². The second-order valence-corrected chi connectivity index (χ2v) is 4.44. The fourth-order valence-corrected chi connectivity index (χ4v) is 1.81. The first-order valence-corrected chi connectivity index (χ1v) is 6.61. The Bertz CT molecular complexity index is 643. The highest BCUT2D eigenvalue weighted by Gasteiger charge is 2.13. The van der Waals surface area contributed by atoms with Crippen LogP contribution in [-0.2, 0) is 0 Å². The Morgan fingerprint density at radius 3 is 2.76 bits per heavy atom. The molecule has 2 aromatic rings. The number of nitrogens with zero attached hydrogens (tertiary/aromatic N) is 1. The van der Waals surface area contributed by atoms with E-state index in [2.05, 4.69) is 4.98 Å². The van der Waals surface area contributed by atoms with Gasteiger partial charge < -0.3 is 9.47 Å². The van der Waals surface area contributed by atoms with E-state index in [0.717, 1.165) is 6.42 Å². The molecule has 1 heterocycles. The quantitative estimate of drug-likeness (QED) is 0.766. The Labute approximate surface area is 122 Å². The van der Waals surface area contributed by atoms with Crippen LogP contribution in [0.3, 0.4) is 0 Å². The van der Waals surface area contributed by atoms with Crippen LogP contribution in [0, 0.1) is 5.82 Å². The summed E-state index contributed by atoms with van der Waals surface area (Å²) in [5.74, 6) is -0.195. The summed E-state index contributed by atoms with van der Waals surface area (Å²) in [6, 6.07) is 5.62. The second-order valence-electron chi connectivity index (χ2n) is 4.44. The van der Waals surface area contributed by atoms with Crippen LogP contribution >= 0.6 is 0 Å². The Balaban J connectivity index is 2.27. The molecule has 0 unspecified atom stereocenters. The van der Waals surface area contributed by atoms with E-state index >= 15 is 0 Å². The molecule has 0 radical (unpaired) electrons. The first kappa shape index (κ1) is 15.0. The molecule has 0 aliphatic carbocycles. The first-order valence-electron chi connectivity index (χ1n) is 6.61. The van der Waals surface area contributed by atoms with Crippen molar-refractivity contribution >= 4 is 5.78 Å². The monoisotopic (exact) mass is 289 g/mol. The number of carbonyl (C=O) groups excluding carboxylic acids is 1. The third-order valence-electron chi connectivity index (χ3n) is 2.86. The van der Waals surface area contributed by atoms with Gasteiger partial charge in [0.2, 0.25) is 0 Å². The highest BCUT2D eigenvalue weighted by Crippen LogP contribution is 2.21. The molecule has 0 bridgehead atoms. The van der Waals surface area contributed by atoms with Crippen molar-refractivity contribution < 1.29 is 18.7 Å². The lowest BCUT2D eigenvalue weighted by molar-refractivity contribution is 0.103. The molecule has 0 atom stereocenters. The molecule has 110 valence electrons. The van der Waals surface area contributed by atoms with E-state index < -0.39 is 5.82 Å². The molecule has 0 saturated carbocycles. The predicted octanol–water partition coefficient (Wildman–Crippen LogP) is 3.25. The van der Waals surface area contributed by atoms with Gasteiger partial charge in [-0.05, 0) is 30.7 Å². The molecule has 1 aromatic carbocycles. The molecule has 0 aliphatic heterocycles. The van der Waals surface area contributed by atoms with E-state index in [1.165, 1.54) is 31.5 Å². The number of ketones is 1. The molecule has 5 heteroatoms. The summed E-state index contributed by atoms with van der Waals surface area (Å²) in [5.41, 5.74) is 0.722. The zero-order valence-corrected chi connectivity index (χ0v) is 11.9. The van der Waals surface area contributed by atoms with Crippen LogP contribution < -0.4 is 9.47 Å². The predicted molar refractivity (Wildman–Crippen MR) is 76.4 cm³/mol. The van der Waals surface area contributed by atoms with Crippen molar-refractivity contribution in [3.63, 3.8) is 0 Å². The third kappa shape index (κ3) is 3.56. The Morgan fingerprint density at radius 2 is 2.05 bits per heavy atom. The summed E-state index contributed by atoms with van der Waals surface area (Å²) in [6.45, 7) is 2.55. The van der Waals surface area contributed by atoms with E-state index in [1.54, 1.807) is 12.3 Å². The van der Waals surface area contributed by atoms with Gasteiger partial charge in [-0.1, -0.05) is 6.92 Å². The zero-order chi connectivity index (χ0) is 15.2. The molecule has 4 nitrogen and oxygen atoms in total. The summed E-state index contributed by atoms with van der Waals surface area (Å²) in [6.07, 6.45) is 3.88. The fourth-order valence-electron chi connectivity index (χ4n) is 1.81. The minimum atomic E-state index is -0.507. The largest absolute Gasteiger partial charge is 0.494 e. The Kier molecular flexibility index (Phi) is 4.87. The molecular formula is C16H16FNO3. The molecule has 0 amide bonds. The number of rotatable bonds is 6. The standard InChI is InChI=1S/C16H16FNO3/c1-3-6-21-13-7-12(9-18-10-13)16(19)11-4-5-14(17)15(8-11)20-2/h4-5,7-10H,3,6H2,1-2H3. The maximum absolute atomic E-state index is 13.4. The summed E-state index contributed by atoms with van der Waals surface area (Å²) < 4.78 is 23.7. The minimum Gasteiger partial charge on any atom is -0.494 e. The van der Waals surface area contributed by atoms with Gasteiger partial charge in [-0.3, -0.25) is 9.78 Å². The molecular weight excluding hydrogens is 273 g/mol. The number of halogens is 1. The summed E-state index contributed by atoms with van der Waals surface area (Å²) in [5, 5.41) is 0. The number of aromatic nitrogens is 1. The molecule has 2 rings (SSSR count). The van der Waals surface area contributed by atoms with E-state index in [0.29, 0.717) is 23.5 Å². The smallest absolute Gasteiger partial charge is 0.194 e. The minimum absolute atomic E-state index is 0.0344. The van der Waals surface area contributed by atoms with E-state index in [1.807, 2.05) is 6.92 Å². The molecule has 0 spiro atoms. The molecule has 1 aromatic heterocycles. The van der Waals surface area contributed by atoms with Gasteiger partial charge in [-0.15, -0.1) is 0 Å². The molecule has 0 fully saturated rings. The van der Waals surface area contributed by atoms with Crippen LogP contribution in [-0.4, -0.2) is 24.5 Å². The van der Waals surface area contributed by atoms with Crippen LogP contribution in [0.1, 0.15) is 29.3 Å². The normalized spacial score (nSPS) is 10.2. The van der Waals surface area contributed by atoms with Crippen LogP contribution in [0.4, 0.5) is 4.39 Å². The summed E-state index contributed by atoms with van der Waals surface area (Å²) >= 11 is 0. The SMILES string of the molecule is CCCOc1cncc(C(=O)c2ccc(F)c(OC)c2)c1. The zero-order valence-electron chi connectivity index (χ0n) is 11.9. The Morgan fingerprint density at radius 1 is 1.24 bits per heavy atom. The van der Waals surface area contributed by atoms with Gasteiger partial charge in [-0.25, -0.2) is 4.39 Å². The fraction of sp³-hybridized carbons (Fsp3) is 0.250. The van der Waals surface area contributed by atoms with Gasteiger partial charge >= 0.3 is 0 Å². The topological polar surface area (TPSA) is 48.4 Å². The highest BCUT2D eigenvalue weighted by atomic mass is 19.1. The van der Waals surface area contributed by atoms with Crippen molar-refractivity contribution in [1.82, 2.24) is 4.98 Å². The van der Waals surface area contributed by atoms with Crippen LogP contribution in [0.15, 0.2) is 36.7 Å². The molecule has 21 heavy (non-hydrogen) atoms. The number of carbonyl (C=O) groups is 1. The first-order chi connectivity index (χ1) is 10.2. The summed E-state index contributed by atoms with van der Waals surface area (Å²) in [4.78, 5) is 16.4. The van der Waals surface area contributed by atoms with E-state index in [-0.39, 0.29) is 11.5 Å². The highest BCUT2D eigenvalue weighted by molar-refractivity contribution is 6.09. The van der Waals surface area contributed by atoms with Crippen LogP contribution in [0.2, 0.25) is 0 Å². The molecule has 0 saturated heterocycles. The lowest BCUT2D eigenvalue weighted by Crippen LogP contribution is -2.04. The van der Waals surface area contributed by atoms with E-state index in [9.17, 15) is 9.18 Å². The van der Waals surface area contributed by atoms with Gasteiger partial charge in [0.1, 0.15) is 5.75 Å². The van der Waals surface area contributed by atoms with Crippen molar-refractivity contribution in [1.29, 1.82) is 0 Å². The van der Waals surface area contributed by atoms with E-state index in [4.69, 9.17) is 9.47 Å². The summed E-state index contributed by atoms with van der Waals surface area (Å²) in [7, 11) is 1.35. The maximum atomic E-state index is 13.4. The number of benzene rings is 1. The van der Waals surface area contributed by atoms with Crippen LogP contribution in [0.25, 0.3) is 0 Å². The number of hydrogen-bond acceptors (Lipinski definition) is 4. The number of methoxy groups -OCH3 is 1. The lowest BCUT2D eigenvalue weighted by Gasteiger charge is -2.07. The maximum Gasteiger partial charge on any atom is 0.194 e. The Hall–Kier alpha value is -2.43. The van der Waals surface area contributed by atoms with Gasteiger partial charge in [0, 0.05) is 17.3 Å². The molecule has 0 N–H and O–H groups in total. The van der Waals surface area contributed by atoms with Crippen molar-refractivity contribution in [2.75, 3.05) is 13.7 Å². The van der Waals surface area contributed by atoms with Gasteiger partial charge in [0.15, 0.2) is 17.3 Å². The van der Waals surface area contributed by atoms with Crippen molar-refractivity contribution in [3.05, 3.63) is 53.6 Å². The number of ether oxygens (including phenoxy) is 2. The van der Waals surface area contributed by atoms with Gasteiger partial charge in [-0.2, -0.15) is 0 Å². The van der Waals surface area contributed by atoms with Gasteiger partial charge in [0.05, 0.1) is 19.9 Å².